The van der Waals surface area contributed by atoms with E-state index in [0.717, 1.165) is 21.9 Å². The molecular formula is C20H26N2O3S. The fourth-order valence-corrected chi connectivity index (χ4v) is 3.72. The Kier molecular flexibility index (Phi) is 6.56. The molecule has 2 aromatic rings. The summed E-state index contributed by atoms with van der Waals surface area (Å²) in [5.74, 6) is -0.338. The smallest absolute Gasteiger partial charge is 0.243 e. The van der Waals surface area contributed by atoms with E-state index < -0.39 is 10.0 Å². The second kappa shape index (κ2) is 8.47. The molecule has 26 heavy (non-hydrogen) atoms. The summed E-state index contributed by atoms with van der Waals surface area (Å²) in [6.07, 6.45) is 0.961. The summed E-state index contributed by atoms with van der Waals surface area (Å²) in [4.78, 5) is 12.5. The Bertz CT molecular complexity index is 844. The van der Waals surface area contributed by atoms with Crippen LogP contribution in [0.4, 0.5) is 0 Å². The van der Waals surface area contributed by atoms with Crippen LogP contribution in [-0.2, 0) is 21.2 Å². The third-order valence-electron chi connectivity index (χ3n) is 4.36. The number of benzene rings is 2. The van der Waals surface area contributed by atoms with E-state index in [0.29, 0.717) is 0 Å². The summed E-state index contributed by atoms with van der Waals surface area (Å²) in [6, 6.07) is 14.4. The van der Waals surface area contributed by atoms with Gasteiger partial charge in [0, 0.05) is 7.05 Å². The van der Waals surface area contributed by atoms with Gasteiger partial charge in [0.2, 0.25) is 15.9 Å². The number of carbonyl (C=O) groups excluding carboxylic acids is 1. The second-order valence-corrected chi connectivity index (χ2v) is 8.50. The number of rotatable bonds is 7. The van der Waals surface area contributed by atoms with Crippen LogP contribution in [0, 0.1) is 6.92 Å². The minimum absolute atomic E-state index is 0.182. The highest BCUT2D eigenvalue weighted by Crippen LogP contribution is 2.16. The normalized spacial score (nSPS) is 12.8. The molecule has 0 heterocycles. The van der Waals surface area contributed by atoms with Gasteiger partial charge in [-0.05, 0) is 43.5 Å². The van der Waals surface area contributed by atoms with Crippen molar-refractivity contribution in [2.24, 2.45) is 0 Å². The Hall–Kier alpha value is -2.18. The Balaban J connectivity index is 2.00. The molecule has 0 aromatic heterocycles. The number of nitrogens with zero attached hydrogens (tertiary/aromatic N) is 1. The van der Waals surface area contributed by atoms with Crippen molar-refractivity contribution in [1.82, 2.24) is 9.62 Å². The number of hydrogen-bond donors (Lipinski definition) is 1. The van der Waals surface area contributed by atoms with Crippen LogP contribution < -0.4 is 5.32 Å². The fraction of sp³-hybridized carbons (Fsp3) is 0.350. The topological polar surface area (TPSA) is 66.5 Å². The van der Waals surface area contributed by atoms with Gasteiger partial charge >= 0.3 is 0 Å². The SMILES string of the molecule is CCc1ccc([C@H](C)NC(=O)CN(C)S(=O)(=O)c2ccc(C)cc2)cc1. The fourth-order valence-electron chi connectivity index (χ4n) is 2.59. The van der Waals surface area contributed by atoms with Gasteiger partial charge in [-0.25, -0.2) is 8.42 Å². The van der Waals surface area contributed by atoms with Crippen LogP contribution in [0.25, 0.3) is 0 Å². The first kappa shape index (κ1) is 20.1. The maximum atomic E-state index is 12.6. The molecule has 0 radical (unpaired) electrons. The van der Waals surface area contributed by atoms with E-state index in [9.17, 15) is 13.2 Å². The highest BCUT2D eigenvalue weighted by atomic mass is 32.2. The van der Waals surface area contributed by atoms with Crippen molar-refractivity contribution in [3.8, 4) is 0 Å². The molecule has 2 aromatic carbocycles. The van der Waals surface area contributed by atoms with Gasteiger partial charge in [-0.1, -0.05) is 48.9 Å². The van der Waals surface area contributed by atoms with Crippen LogP contribution in [0.5, 0.6) is 0 Å². The molecule has 2 rings (SSSR count). The van der Waals surface area contributed by atoms with Crippen LogP contribution in [0.1, 0.15) is 36.6 Å². The summed E-state index contributed by atoms with van der Waals surface area (Å²) in [5.41, 5.74) is 3.20. The predicted octanol–water partition coefficient (Wildman–Crippen LogP) is 3.06. The van der Waals surface area contributed by atoms with Crippen LogP contribution in [0.15, 0.2) is 53.4 Å². The molecule has 0 aliphatic carbocycles. The van der Waals surface area contributed by atoms with Crippen molar-refractivity contribution in [1.29, 1.82) is 0 Å². The molecule has 0 fully saturated rings. The monoisotopic (exact) mass is 374 g/mol. The Morgan fingerprint density at radius 1 is 1.08 bits per heavy atom. The van der Waals surface area contributed by atoms with Gasteiger partial charge in [0.05, 0.1) is 17.5 Å². The lowest BCUT2D eigenvalue weighted by molar-refractivity contribution is -0.121. The van der Waals surface area contributed by atoms with Crippen molar-refractivity contribution >= 4 is 15.9 Å². The summed E-state index contributed by atoms with van der Waals surface area (Å²) in [7, 11) is -2.28. The van der Waals surface area contributed by atoms with Crippen molar-refractivity contribution in [3.05, 3.63) is 65.2 Å². The third-order valence-corrected chi connectivity index (χ3v) is 6.18. The van der Waals surface area contributed by atoms with Crippen LogP contribution in [0.3, 0.4) is 0 Å². The van der Waals surface area contributed by atoms with Crippen molar-refractivity contribution in [3.63, 3.8) is 0 Å². The van der Waals surface area contributed by atoms with E-state index in [1.165, 1.54) is 12.6 Å². The molecule has 6 heteroatoms. The van der Waals surface area contributed by atoms with E-state index in [1.807, 2.05) is 38.1 Å². The summed E-state index contributed by atoms with van der Waals surface area (Å²) >= 11 is 0. The molecule has 140 valence electrons. The van der Waals surface area contributed by atoms with E-state index in [4.69, 9.17) is 0 Å². The van der Waals surface area contributed by atoms with Gasteiger partial charge in [-0.15, -0.1) is 0 Å². The van der Waals surface area contributed by atoms with Crippen LogP contribution >= 0.6 is 0 Å². The van der Waals surface area contributed by atoms with Gasteiger partial charge in [0.25, 0.3) is 0 Å². The standard InChI is InChI=1S/C20H26N2O3S/c1-5-17-8-10-18(11-9-17)16(3)21-20(23)14-22(4)26(24,25)19-12-6-15(2)7-13-19/h6-13,16H,5,14H2,1-4H3,(H,21,23)/t16-/m0/s1. The molecular weight excluding hydrogens is 348 g/mol. The molecule has 0 unspecified atom stereocenters. The number of likely N-dealkylation sites (N-methyl/N-ethyl adjacent to an activating group) is 1. The molecule has 0 spiro atoms. The number of amides is 1. The lowest BCUT2D eigenvalue weighted by atomic mass is 10.1. The van der Waals surface area contributed by atoms with E-state index in [-0.39, 0.29) is 23.4 Å². The first-order valence-corrected chi connectivity index (χ1v) is 10.1. The summed E-state index contributed by atoms with van der Waals surface area (Å²) in [6.45, 7) is 5.63. The molecule has 0 saturated carbocycles. The number of sulfonamides is 1. The molecule has 0 aliphatic rings. The summed E-state index contributed by atoms with van der Waals surface area (Å²) < 4.78 is 26.2. The largest absolute Gasteiger partial charge is 0.348 e. The lowest BCUT2D eigenvalue weighted by Gasteiger charge is -2.19. The third kappa shape index (κ3) is 4.93. The predicted molar refractivity (Wildman–Crippen MR) is 103 cm³/mol. The molecule has 0 bridgehead atoms. The first-order valence-electron chi connectivity index (χ1n) is 8.65. The molecule has 1 amide bonds. The maximum Gasteiger partial charge on any atom is 0.243 e. The minimum Gasteiger partial charge on any atom is -0.348 e. The molecule has 1 atom stereocenters. The minimum atomic E-state index is -3.69. The van der Waals surface area contributed by atoms with Crippen molar-refractivity contribution < 1.29 is 13.2 Å². The van der Waals surface area contributed by atoms with Crippen LogP contribution in [0.2, 0.25) is 0 Å². The molecule has 1 N–H and O–H groups in total. The lowest BCUT2D eigenvalue weighted by Crippen LogP contribution is -2.39. The number of carbonyl (C=O) groups is 1. The number of nitrogens with one attached hydrogen (secondary N) is 1. The highest BCUT2D eigenvalue weighted by molar-refractivity contribution is 7.89. The molecule has 0 saturated heterocycles. The van der Waals surface area contributed by atoms with Crippen molar-refractivity contribution in [2.75, 3.05) is 13.6 Å². The van der Waals surface area contributed by atoms with Gasteiger partial charge in [0.15, 0.2) is 0 Å². The van der Waals surface area contributed by atoms with E-state index >= 15 is 0 Å². The first-order chi connectivity index (χ1) is 12.2. The van der Waals surface area contributed by atoms with E-state index in [1.54, 1.807) is 24.3 Å². The number of aryl methyl sites for hydroxylation is 2. The second-order valence-electron chi connectivity index (χ2n) is 6.46. The zero-order valence-electron chi connectivity index (χ0n) is 15.7. The van der Waals surface area contributed by atoms with Crippen molar-refractivity contribution in [2.45, 2.75) is 38.1 Å². The molecule has 5 nitrogen and oxygen atoms in total. The Morgan fingerprint density at radius 2 is 1.65 bits per heavy atom. The number of hydrogen-bond acceptors (Lipinski definition) is 3. The average molecular weight is 375 g/mol. The van der Waals surface area contributed by atoms with Gasteiger partial charge < -0.3 is 5.32 Å². The zero-order chi connectivity index (χ0) is 19.3. The van der Waals surface area contributed by atoms with Gasteiger partial charge in [0.1, 0.15) is 0 Å². The summed E-state index contributed by atoms with van der Waals surface area (Å²) in [5, 5.41) is 2.85. The van der Waals surface area contributed by atoms with E-state index in [2.05, 4.69) is 12.2 Å². The Labute approximate surface area is 156 Å². The van der Waals surface area contributed by atoms with Gasteiger partial charge in [-0.2, -0.15) is 4.31 Å². The maximum absolute atomic E-state index is 12.6. The highest BCUT2D eigenvalue weighted by Gasteiger charge is 2.23. The van der Waals surface area contributed by atoms with Crippen LogP contribution in [-0.4, -0.2) is 32.2 Å². The van der Waals surface area contributed by atoms with Gasteiger partial charge in [-0.3, -0.25) is 4.79 Å². The molecule has 0 aliphatic heterocycles. The average Bonchev–Trinajstić information content (AvgIpc) is 2.61. The zero-order valence-corrected chi connectivity index (χ0v) is 16.5. The quantitative estimate of drug-likeness (QED) is 0.810. The Morgan fingerprint density at radius 3 is 2.19 bits per heavy atom.